The second-order valence-electron chi connectivity index (χ2n) is 3.42. The van der Waals surface area contributed by atoms with Crippen molar-refractivity contribution in [1.82, 2.24) is 0 Å². The fourth-order valence-electron chi connectivity index (χ4n) is 0.894. The molecule has 17 heavy (non-hydrogen) atoms. The molecular formula is C9H18O7S. The van der Waals surface area contributed by atoms with E-state index in [9.17, 15) is 13.5 Å². The van der Waals surface area contributed by atoms with Crippen LogP contribution in [-0.4, -0.2) is 55.9 Å². The molecule has 0 saturated carbocycles. The molecule has 0 aliphatic carbocycles. The minimum absolute atomic E-state index is 0.0576. The van der Waals surface area contributed by atoms with Crippen LogP contribution in [-0.2, 0) is 24.6 Å². The molecule has 7 nitrogen and oxygen atoms in total. The van der Waals surface area contributed by atoms with Crippen molar-refractivity contribution in [1.29, 1.82) is 0 Å². The van der Waals surface area contributed by atoms with Gasteiger partial charge in [0.1, 0.15) is 24.6 Å². The number of aliphatic hydroxyl groups excluding tert-OH is 1. The van der Waals surface area contributed by atoms with Crippen LogP contribution in [0.1, 0.15) is 6.92 Å². The first-order valence-corrected chi connectivity index (χ1v) is 6.56. The Hall–Kier alpha value is -0.510. The highest BCUT2D eigenvalue weighted by Crippen LogP contribution is 1.98. The van der Waals surface area contributed by atoms with Crippen molar-refractivity contribution in [2.45, 2.75) is 19.1 Å². The predicted octanol–water partition coefficient (Wildman–Crippen LogP) is -0.226. The Bertz CT molecular complexity index is 300. The van der Waals surface area contributed by atoms with E-state index in [-0.39, 0.29) is 13.2 Å². The Labute approximate surface area is 101 Å². The molecule has 0 amide bonds. The normalized spacial score (nSPS) is 15.5. The summed E-state index contributed by atoms with van der Waals surface area (Å²) in [5.74, 6) is -0.573. The molecule has 0 fully saturated rings. The number of aliphatic hydroxyl groups is 1. The van der Waals surface area contributed by atoms with Crippen LogP contribution >= 0.6 is 0 Å². The molecule has 8 heteroatoms. The highest BCUT2D eigenvalue weighted by atomic mass is 32.2. The van der Waals surface area contributed by atoms with Crippen molar-refractivity contribution in [2.75, 3.05) is 25.6 Å². The fourth-order valence-corrected chi connectivity index (χ4v) is 1.54. The molecule has 0 aromatic heterocycles. The Morgan fingerprint density at radius 2 is 2.06 bits per heavy atom. The Morgan fingerprint density at radius 3 is 2.59 bits per heavy atom. The van der Waals surface area contributed by atoms with Crippen LogP contribution in [0.4, 0.5) is 0 Å². The molecule has 2 N–H and O–H groups in total. The van der Waals surface area contributed by atoms with Gasteiger partial charge in [-0.2, -0.15) is 8.42 Å². The second-order valence-corrected chi connectivity index (χ2v) is 4.92. The van der Waals surface area contributed by atoms with E-state index in [4.69, 9.17) is 9.29 Å². The minimum Gasteiger partial charge on any atom is -0.388 e. The summed E-state index contributed by atoms with van der Waals surface area (Å²) in [5.41, 5.74) is 0. The molecule has 0 aromatic rings. The van der Waals surface area contributed by atoms with Gasteiger partial charge in [0.25, 0.3) is 10.1 Å². The number of hydrogen-bond acceptors (Lipinski definition) is 6. The highest BCUT2D eigenvalue weighted by molar-refractivity contribution is 7.85. The number of rotatable bonds is 10. The lowest BCUT2D eigenvalue weighted by atomic mass is 10.4. The standard InChI is InChI=1S/C9H18O7S/c1-3-4-14-5-9(10)6-15-16-8(2)7-17(11,12)13/h3,8-10H,1,4-7H2,2H3,(H,11,12,13). The van der Waals surface area contributed by atoms with E-state index < -0.39 is 28.1 Å². The van der Waals surface area contributed by atoms with Gasteiger partial charge in [-0.05, 0) is 6.92 Å². The summed E-state index contributed by atoms with van der Waals surface area (Å²) in [6.45, 7) is 5.06. The fraction of sp³-hybridized carbons (Fsp3) is 0.778. The lowest BCUT2D eigenvalue weighted by Gasteiger charge is -2.13. The van der Waals surface area contributed by atoms with Crippen molar-refractivity contribution >= 4 is 10.1 Å². The Morgan fingerprint density at radius 1 is 1.41 bits per heavy atom. The average Bonchev–Trinajstić information content (AvgIpc) is 2.15. The van der Waals surface area contributed by atoms with Crippen molar-refractivity contribution < 1.29 is 32.6 Å². The SMILES string of the molecule is C=CCOCC(O)COOC(C)CS(=O)(=O)O. The van der Waals surface area contributed by atoms with Gasteiger partial charge in [0.2, 0.25) is 0 Å². The van der Waals surface area contributed by atoms with E-state index in [1.165, 1.54) is 13.0 Å². The Balaban J connectivity index is 3.58. The minimum atomic E-state index is -4.09. The second kappa shape index (κ2) is 8.56. The number of ether oxygens (including phenoxy) is 1. The summed E-state index contributed by atoms with van der Waals surface area (Å²) in [5, 5.41) is 9.29. The molecule has 0 aromatic carbocycles. The molecular weight excluding hydrogens is 252 g/mol. The molecule has 2 atom stereocenters. The van der Waals surface area contributed by atoms with Crippen molar-refractivity contribution in [3.05, 3.63) is 12.7 Å². The van der Waals surface area contributed by atoms with Crippen molar-refractivity contribution in [3.63, 3.8) is 0 Å². The van der Waals surface area contributed by atoms with E-state index in [0.717, 1.165) is 0 Å². The lowest BCUT2D eigenvalue weighted by molar-refractivity contribution is -0.326. The van der Waals surface area contributed by atoms with E-state index in [1.54, 1.807) is 0 Å². The molecule has 0 saturated heterocycles. The largest absolute Gasteiger partial charge is 0.388 e. The summed E-state index contributed by atoms with van der Waals surface area (Å²) in [6.07, 6.45) is -0.169. The van der Waals surface area contributed by atoms with Crippen LogP contribution < -0.4 is 0 Å². The quantitative estimate of drug-likeness (QED) is 0.186. The summed E-state index contributed by atoms with van der Waals surface area (Å²) in [6, 6.07) is 0. The molecule has 2 unspecified atom stereocenters. The zero-order valence-electron chi connectivity index (χ0n) is 9.61. The first-order valence-electron chi connectivity index (χ1n) is 4.95. The van der Waals surface area contributed by atoms with Gasteiger partial charge >= 0.3 is 0 Å². The molecule has 0 bridgehead atoms. The van der Waals surface area contributed by atoms with Crippen LogP contribution in [0.2, 0.25) is 0 Å². The van der Waals surface area contributed by atoms with Gasteiger partial charge in [0.15, 0.2) is 0 Å². The van der Waals surface area contributed by atoms with Gasteiger partial charge in [0.05, 0.1) is 13.2 Å². The zero-order valence-corrected chi connectivity index (χ0v) is 10.4. The third-order valence-electron chi connectivity index (χ3n) is 1.48. The topological polar surface area (TPSA) is 102 Å². The number of hydrogen-bond donors (Lipinski definition) is 2. The maximum absolute atomic E-state index is 10.5. The first kappa shape index (κ1) is 16.5. The maximum Gasteiger partial charge on any atom is 0.267 e. The predicted molar refractivity (Wildman–Crippen MR) is 59.9 cm³/mol. The maximum atomic E-state index is 10.5. The first-order chi connectivity index (χ1) is 7.85. The average molecular weight is 270 g/mol. The molecule has 0 radical (unpaired) electrons. The lowest BCUT2D eigenvalue weighted by Crippen LogP contribution is -2.26. The van der Waals surface area contributed by atoms with Gasteiger partial charge in [-0.25, -0.2) is 9.78 Å². The summed E-state index contributed by atoms with van der Waals surface area (Å²) in [7, 11) is -4.09. The van der Waals surface area contributed by atoms with Crippen LogP contribution in [0.25, 0.3) is 0 Å². The van der Waals surface area contributed by atoms with Gasteiger partial charge in [-0.1, -0.05) is 6.08 Å². The summed E-state index contributed by atoms with van der Waals surface area (Å²) in [4.78, 5) is 9.22. The molecule has 102 valence electrons. The van der Waals surface area contributed by atoms with Crippen LogP contribution in [0, 0.1) is 0 Å². The van der Waals surface area contributed by atoms with E-state index >= 15 is 0 Å². The van der Waals surface area contributed by atoms with Gasteiger partial charge < -0.3 is 9.84 Å². The van der Waals surface area contributed by atoms with E-state index in [0.29, 0.717) is 6.61 Å². The van der Waals surface area contributed by atoms with E-state index in [1.807, 2.05) is 0 Å². The third-order valence-corrected chi connectivity index (χ3v) is 2.37. The molecule has 0 rings (SSSR count). The molecule has 0 spiro atoms. The van der Waals surface area contributed by atoms with Gasteiger partial charge in [-0.15, -0.1) is 6.58 Å². The van der Waals surface area contributed by atoms with Crippen LogP contribution in [0.5, 0.6) is 0 Å². The molecule has 0 heterocycles. The van der Waals surface area contributed by atoms with Gasteiger partial charge in [-0.3, -0.25) is 4.55 Å². The van der Waals surface area contributed by atoms with Crippen LogP contribution in [0.3, 0.4) is 0 Å². The Kier molecular flexibility index (Phi) is 8.30. The van der Waals surface area contributed by atoms with Crippen molar-refractivity contribution in [3.8, 4) is 0 Å². The van der Waals surface area contributed by atoms with Crippen molar-refractivity contribution in [2.24, 2.45) is 0 Å². The molecule has 0 aliphatic rings. The van der Waals surface area contributed by atoms with E-state index in [2.05, 4.69) is 16.4 Å². The van der Waals surface area contributed by atoms with Crippen LogP contribution in [0.15, 0.2) is 12.7 Å². The highest BCUT2D eigenvalue weighted by Gasteiger charge is 2.14. The third kappa shape index (κ3) is 11.7. The monoisotopic (exact) mass is 270 g/mol. The zero-order chi connectivity index (χ0) is 13.3. The molecule has 0 aliphatic heterocycles. The smallest absolute Gasteiger partial charge is 0.267 e. The summed E-state index contributed by atoms with van der Waals surface area (Å²) >= 11 is 0. The summed E-state index contributed by atoms with van der Waals surface area (Å²) < 4.78 is 34.3. The van der Waals surface area contributed by atoms with Gasteiger partial charge in [0, 0.05) is 0 Å².